The molecule has 1 heterocycles. The Morgan fingerprint density at radius 2 is 2.22 bits per heavy atom. The second kappa shape index (κ2) is 9.06. The van der Waals surface area contributed by atoms with Gasteiger partial charge in [-0.15, -0.1) is 6.58 Å². The van der Waals surface area contributed by atoms with Gasteiger partial charge in [-0.2, -0.15) is 0 Å². The number of nitrogens with zero attached hydrogens (tertiary/aromatic N) is 2. The van der Waals surface area contributed by atoms with Gasteiger partial charge >= 0.3 is 0 Å². The van der Waals surface area contributed by atoms with Crippen molar-refractivity contribution in [1.82, 2.24) is 15.3 Å². The molecule has 1 N–H and O–H groups in total. The van der Waals surface area contributed by atoms with E-state index in [9.17, 15) is 0 Å². The molecule has 0 amide bonds. The van der Waals surface area contributed by atoms with E-state index in [1.807, 2.05) is 25.3 Å². The summed E-state index contributed by atoms with van der Waals surface area (Å²) in [5.41, 5.74) is 3.44. The van der Waals surface area contributed by atoms with Crippen molar-refractivity contribution in [1.29, 1.82) is 0 Å². The average Bonchev–Trinajstić information content (AvgIpc) is 2.56. The van der Waals surface area contributed by atoms with E-state index in [-0.39, 0.29) is 0 Å². The Morgan fingerprint density at radius 1 is 1.35 bits per heavy atom. The fourth-order valence-electron chi connectivity index (χ4n) is 2.47. The molecule has 1 aromatic heterocycles. The molecular weight excluding hydrogens is 286 g/mol. The van der Waals surface area contributed by atoms with Gasteiger partial charge < -0.3 is 10.1 Å². The van der Waals surface area contributed by atoms with Crippen molar-refractivity contribution in [2.75, 3.05) is 6.61 Å². The maximum absolute atomic E-state index is 5.67. The monoisotopic (exact) mass is 311 g/mol. The Kier molecular flexibility index (Phi) is 6.76. The van der Waals surface area contributed by atoms with Crippen LogP contribution in [-0.4, -0.2) is 22.6 Å². The number of hydrogen-bond acceptors (Lipinski definition) is 4. The fourth-order valence-corrected chi connectivity index (χ4v) is 2.47. The van der Waals surface area contributed by atoms with E-state index in [1.54, 1.807) is 12.4 Å². The van der Waals surface area contributed by atoms with Gasteiger partial charge in [-0.05, 0) is 37.5 Å². The largest absolute Gasteiger partial charge is 0.494 e. The van der Waals surface area contributed by atoms with Crippen LogP contribution in [0.25, 0.3) is 0 Å². The summed E-state index contributed by atoms with van der Waals surface area (Å²) < 4.78 is 5.67. The molecule has 2 rings (SSSR count). The third kappa shape index (κ3) is 5.49. The average molecular weight is 311 g/mol. The molecule has 0 saturated heterocycles. The van der Waals surface area contributed by atoms with Crippen molar-refractivity contribution in [3.8, 4) is 5.75 Å². The number of aromatic nitrogens is 2. The first-order valence-electron chi connectivity index (χ1n) is 8.06. The van der Waals surface area contributed by atoms with E-state index in [0.29, 0.717) is 12.6 Å². The Labute approximate surface area is 138 Å². The molecule has 1 atom stereocenters. The quantitative estimate of drug-likeness (QED) is 0.722. The molecular formula is C19H25N3O. The van der Waals surface area contributed by atoms with Crippen LogP contribution in [0.2, 0.25) is 0 Å². The molecule has 1 aromatic carbocycles. The lowest BCUT2D eigenvalue weighted by Gasteiger charge is -2.15. The molecule has 0 bridgehead atoms. The van der Waals surface area contributed by atoms with Gasteiger partial charge in [0.25, 0.3) is 0 Å². The lowest BCUT2D eigenvalue weighted by molar-refractivity contribution is 0.337. The van der Waals surface area contributed by atoms with Gasteiger partial charge in [-0.25, -0.2) is 0 Å². The van der Waals surface area contributed by atoms with Crippen LogP contribution < -0.4 is 10.1 Å². The third-order valence-corrected chi connectivity index (χ3v) is 3.58. The molecule has 0 fully saturated rings. The SMILES string of the molecule is C=CCc1cc(CN[C@H](C)Cc2cnccn2)ccc1OCC. The highest BCUT2D eigenvalue weighted by Crippen LogP contribution is 2.21. The summed E-state index contributed by atoms with van der Waals surface area (Å²) in [4.78, 5) is 8.42. The molecule has 2 aromatic rings. The van der Waals surface area contributed by atoms with Crippen LogP contribution in [0.1, 0.15) is 30.7 Å². The van der Waals surface area contributed by atoms with Gasteiger partial charge in [-0.1, -0.05) is 18.2 Å². The van der Waals surface area contributed by atoms with E-state index in [4.69, 9.17) is 4.74 Å². The minimum atomic E-state index is 0.334. The number of rotatable bonds is 9. The van der Waals surface area contributed by atoms with Crippen LogP contribution in [0, 0.1) is 0 Å². The predicted octanol–water partition coefficient (Wildman–Crippen LogP) is 3.32. The minimum absolute atomic E-state index is 0.334. The summed E-state index contributed by atoms with van der Waals surface area (Å²) >= 11 is 0. The van der Waals surface area contributed by atoms with Gasteiger partial charge in [0.2, 0.25) is 0 Å². The van der Waals surface area contributed by atoms with Crippen LogP contribution >= 0.6 is 0 Å². The van der Waals surface area contributed by atoms with Crippen LogP contribution in [-0.2, 0) is 19.4 Å². The Hall–Kier alpha value is -2.20. The number of hydrogen-bond donors (Lipinski definition) is 1. The molecule has 0 aliphatic rings. The molecule has 4 heteroatoms. The van der Waals surface area contributed by atoms with E-state index in [1.165, 1.54) is 11.1 Å². The highest BCUT2D eigenvalue weighted by atomic mass is 16.5. The summed E-state index contributed by atoms with van der Waals surface area (Å²) in [7, 11) is 0. The van der Waals surface area contributed by atoms with E-state index < -0.39 is 0 Å². The van der Waals surface area contributed by atoms with Gasteiger partial charge in [-0.3, -0.25) is 9.97 Å². The zero-order valence-electron chi connectivity index (χ0n) is 14.0. The first-order valence-corrected chi connectivity index (χ1v) is 8.06. The molecule has 4 nitrogen and oxygen atoms in total. The van der Waals surface area contributed by atoms with E-state index in [2.05, 4.69) is 40.9 Å². The Bertz CT molecular complexity index is 613. The summed E-state index contributed by atoms with van der Waals surface area (Å²) in [6.45, 7) is 9.48. The number of nitrogens with one attached hydrogen (secondary N) is 1. The van der Waals surface area contributed by atoms with Crippen LogP contribution in [0.5, 0.6) is 5.75 Å². The van der Waals surface area contributed by atoms with Crippen molar-refractivity contribution in [3.05, 3.63) is 66.3 Å². The molecule has 0 saturated carbocycles. The fraction of sp³-hybridized carbons (Fsp3) is 0.368. The van der Waals surface area contributed by atoms with Gasteiger partial charge in [0.15, 0.2) is 0 Å². The van der Waals surface area contributed by atoms with E-state index in [0.717, 1.165) is 30.8 Å². The molecule has 0 radical (unpaired) electrons. The molecule has 0 spiro atoms. The van der Waals surface area contributed by atoms with Crippen LogP contribution in [0.15, 0.2) is 49.4 Å². The number of allylic oxidation sites excluding steroid dienone is 1. The van der Waals surface area contributed by atoms with Crippen molar-refractivity contribution >= 4 is 0 Å². The Morgan fingerprint density at radius 3 is 2.91 bits per heavy atom. The normalized spacial score (nSPS) is 11.9. The number of benzene rings is 1. The molecule has 0 unspecified atom stereocenters. The summed E-state index contributed by atoms with van der Waals surface area (Å²) in [6, 6.07) is 6.68. The van der Waals surface area contributed by atoms with Crippen molar-refractivity contribution in [2.45, 2.75) is 39.3 Å². The smallest absolute Gasteiger partial charge is 0.122 e. The summed E-state index contributed by atoms with van der Waals surface area (Å²) in [5, 5.41) is 3.53. The maximum Gasteiger partial charge on any atom is 0.122 e. The zero-order chi connectivity index (χ0) is 16.5. The highest BCUT2D eigenvalue weighted by molar-refractivity contribution is 5.38. The van der Waals surface area contributed by atoms with Crippen molar-refractivity contribution in [2.24, 2.45) is 0 Å². The van der Waals surface area contributed by atoms with Crippen molar-refractivity contribution < 1.29 is 4.74 Å². The molecule has 122 valence electrons. The summed E-state index contributed by atoms with van der Waals surface area (Å²) in [5.74, 6) is 0.948. The van der Waals surface area contributed by atoms with Crippen molar-refractivity contribution in [3.63, 3.8) is 0 Å². The standard InChI is InChI=1S/C19H25N3O/c1-4-6-17-12-16(7-8-19(17)23-5-2)13-22-15(3)11-18-14-20-9-10-21-18/h4,7-10,12,14-15,22H,1,5-6,11,13H2,2-3H3/t15-/m1/s1. The van der Waals surface area contributed by atoms with Gasteiger partial charge in [0, 0.05) is 37.6 Å². The third-order valence-electron chi connectivity index (χ3n) is 3.58. The lowest BCUT2D eigenvalue weighted by Crippen LogP contribution is -2.28. The van der Waals surface area contributed by atoms with E-state index >= 15 is 0 Å². The minimum Gasteiger partial charge on any atom is -0.494 e. The molecule has 0 aliphatic heterocycles. The summed E-state index contributed by atoms with van der Waals surface area (Å²) in [6.07, 6.45) is 8.84. The second-order valence-corrected chi connectivity index (χ2v) is 5.55. The lowest BCUT2D eigenvalue weighted by atomic mass is 10.1. The zero-order valence-corrected chi connectivity index (χ0v) is 14.0. The number of ether oxygens (including phenoxy) is 1. The first-order chi connectivity index (χ1) is 11.2. The first kappa shape index (κ1) is 17.2. The predicted molar refractivity (Wildman–Crippen MR) is 93.5 cm³/mol. The highest BCUT2D eigenvalue weighted by Gasteiger charge is 2.07. The second-order valence-electron chi connectivity index (χ2n) is 5.55. The topological polar surface area (TPSA) is 47.0 Å². The van der Waals surface area contributed by atoms with Crippen LogP contribution in [0.3, 0.4) is 0 Å². The van der Waals surface area contributed by atoms with Gasteiger partial charge in [0.1, 0.15) is 5.75 Å². The molecule has 23 heavy (non-hydrogen) atoms. The molecule has 0 aliphatic carbocycles. The van der Waals surface area contributed by atoms with Gasteiger partial charge in [0.05, 0.1) is 12.3 Å². The van der Waals surface area contributed by atoms with Crippen LogP contribution in [0.4, 0.5) is 0 Å². The maximum atomic E-state index is 5.67. The Balaban J connectivity index is 1.94.